The fraction of sp³-hybridized carbons (Fsp3) is 0.357. The molecule has 0 radical (unpaired) electrons. The van der Waals surface area contributed by atoms with Crippen LogP contribution in [0.5, 0.6) is 0 Å². The smallest absolute Gasteiger partial charge is 0.164 e. The van der Waals surface area contributed by atoms with E-state index in [1.54, 1.807) is 0 Å². The fourth-order valence-corrected chi connectivity index (χ4v) is 3.37. The molecular weight excluding hydrogens is 367 g/mol. The van der Waals surface area contributed by atoms with E-state index in [1.165, 1.54) is 16.7 Å². The van der Waals surface area contributed by atoms with Gasteiger partial charge in [-0.3, -0.25) is 0 Å². The molecule has 2 aromatic rings. The first-order valence-corrected chi connectivity index (χ1v) is 7.75. The van der Waals surface area contributed by atoms with Crippen LogP contribution in [-0.4, -0.2) is 44.8 Å². The molecule has 9 heteroatoms. The predicted octanol–water partition coefficient (Wildman–Crippen LogP) is 2.08. The SMILES string of the molecule is N#Cc1c(Cl)n([C@@H]2O[C@H](CO)[C@@H](O)[C@H]2O)c2cc(Cl)c(Cl)cc12. The van der Waals surface area contributed by atoms with E-state index < -0.39 is 31.1 Å². The second-order valence-corrected chi connectivity index (χ2v) is 6.33. The van der Waals surface area contributed by atoms with Gasteiger partial charge in [-0.1, -0.05) is 34.8 Å². The third-order valence-electron chi connectivity index (χ3n) is 3.87. The molecule has 3 N–H and O–H groups in total. The molecule has 1 aromatic carbocycles. The average Bonchev–Trinajstić information content (AvgIpc) is 2.94. The van der Waals surface area contributed by atoms with Gasteiger partial charge in [-0.2, -0.15) is 5.26 Å². The third kappa shape index (κ3) is 2.49. The van der Waals surface area contributed by atoms with Crippen LogP contribution in [0.2, 0.25) is 15.2 Å². The van der Waals surface area contributed by atoms with Crippen molar-refractivity contribution in [3.8, 4) is 6.07 Å². The summed E-state index contributed by atoms with van der Waals surface area (Å²) in [6.45, 7) is -0.469. The van der Waals surface area contributed by atoms with Gasteiger partial charge in [0.2, 0.25) is 0 Å². The molecule has 1 fully saturated rings. The second kappa shape index (κ2) is 6.11. The number of halogens is 3. The number of nitrogens with zero attached hydrogens (tertiary/aromatic N) is 2. The highest BCUT2D eigenvalue weighted by atomic mass is 35.5. The summed E-state index contributed by atoms with van der Waals surface area (Å²) in [6.07, 6.45) is -4.65. The molecule has 23 heavy (non-hydrogen) atoms. The number of fused-ring (bicyclic) bond motifs is 1. The molecule has 4 atom stereocenters. The summed E-state index contributed by atoms with van der Waals surface area (Å²) in [5.74, 6) is 0. The molecule has 0 bridgehead atoms. The van der Waals surface area contributed by atoms with Gasteiger partial charge in [-0.15, -0.1) is 0 Å². The number of hydrogen-bond acceptors (Lipinski definition) is 5. The lowest BCUT2D eigenvalue weighted by atomic mass is 10.1. The maximum absolute atomic E-state index is 10.2. The molecule has 2 heterocycles. The van der Waals surface area contributed by atoms with Crippen molar-refractivity contribution in [2.45, 2.75) is 24.5 Å². The molecule has 1 aromatic heterocycles. The normalized spacial score (nSPS) is 27.5. The first-order chi connectivity index (χ1) is 10.9. The maximum Gasteiger partial charge on any atom is 0.164 e. The molecular formula is C14H11Cl3N2O4. The quantitative estimate of drug-likeness (QED) is 0.744. The standard InChI is InChI=1S/C14H11Cl3N2O4/c15-7-1-5-6(3-18)13(17)19(9(5)2-8(7)16)14-12(22)11(21)10(4-20)23-14/h1-2,10-12,14,20-22H,4H2/t10-,11-,12-,14-/m1/s1. The summed E-state index contributed by atoms with van der Waals surface area (Å²) in [4.78, 5) is 0. The van der Waals surface area contributed by atoms with Crippen molar-refractivity contribution < 1.29 is 20.1 Å². The van der Waals surface area contributed by atoms with E-state index >= 15 is 0 Å². The van der Waals surface area contributed by atoms with Gasteiger partial charge in [-0.05, 0) is 12.1 Å². The minimum atomic E-state index is -1.33. The molecule has 3 rings (SSSR count). The van der Waals surface area contributed by atoms with E-state index in [-0.39, 0.29) is 20.8 Å². The Kier molecular flexibility index (Phi) is 4.47. The summed E-state index contributed by atoms with van der Waals surface area (Å²) in [7, 11) is 0. The van der Waals surface area contributed by atoms with Crippen LogP contribution in [0.1, 0.15) is 11.8 Å². The Morgan fingerprint density at radius 2 is 1.83 bits per heavy atom. The van der Waals surface area contributed by atoms with Gasteiger partial charge in [0.1, 0.15) is 29.5 Å². The average molecular weight is 378 g/mol. The largest absolute Gasteiger partial charge is 0.394 e. The van der Waals surface area contributed by atoms with Crippen molar-refractivity contribution in [2.24, 2.45) is 0 Å². The number of rotatable bonds is 2. The number of nitriles is 1. The van der Waals surface area contributed by atoms with Gasteiger partial charge in [-0.25, -0.2) is 0 Å². The number of aromatic nitrogens is 1. The van der Waals surface area contributed by atoms with Crippen LogP contribution in [-0.2, 0) is 4.74 Å². The summed E-state index contributed by atoms with van der Waals surface area (Å²) >= 11 is 18.3. The Balaban J connectivity index is 2.24. The van der Waals surface area contributed by atoms with Crippen LogP contribution >= 0.6 is 34.8 Å². The van der Waals surface area contributed by atoms with Crippen LogP contribution in [0.25, 0.3) is 10.9 Å². The Bertz CT molecular complexity index is 817. The minimum Gasteiger partial charge on any atom is -0.394 e. The van der Waals surface area contributed by atoms with E-state index in [1.807, 2.05) is 6.07 Å². The summed E-state index contributed by atoms with van der Waals surface area (Å²) < 4.78 is 6.84. The van der Waals surface area contributed by atoms with Crippen LogP contribution in [0, 0.1) is 11.3 Å². The third-order valence-corrected chi connectivity index (χ3v) is 4.96. The second-order valence-electron chi connectivity index (χ2n) is 5.16. The van der Waals surface area contributed by atoms with Gasteiger partial charge in [0.15, 0.2) is 6.23 Å². The zero-order valence-electron chi connectivity index (χ0n) is 11.4. The number of ether oxygens (including phenoxy) is 1. The summed E-state index contributed by atoms with van der Waals surface area (Å²) in [5.41, 5.74) is 0.578. The fourth-order valence-electron chi connectivity index (χ4n) is 2.72. The predicted molar refractivity (Wildman–Crippen MR) is 84.7 cm³/mol. The van der Waals surface area contributed by atoms with Gasteiger partial charge >= 0.3 is 0 Å². The summed E-state index contributed by atoms with van der Waals surface area (Å²) in [5, 5.41) is 39.6. The Morgan fingerprint density at radius 3 is 2.39 bits per heavy atom. The van der Waals surface area contributed by atoms with E-state index in [0.29, 0.717) is 10.9 Å². The molecule has 1 saturated heterocycles. The molecule has 1 aliphatic rings. The number of aliphatic hydroxyl groups excluding tert-OH is 3. The van der Waals surface area contributed by atoms with Gasteiger partial charge in [0.05, 0.1) is 27.7 Å². The molecule has 1 aliphatic heterocycles. The Labute approximate surface area is 146 Å². The monoisotopic (exact) mass is 376 g/mol. The van der Waals surface area contributed by atoms with Crippen molar-refractivity contribution in [2.75, 3.05) is 6.61 Å². The lowest BCUT2D eigenvalue weighted by molar-refractivity contribution is -0.0505. The number of hydrogen-bond donors (Lipinski definition) is 3. The molecule has 0 saturated carbocycles. The van der Waals surface area contributed by atoms with Crippen molar-refractivity contribution in [1.29, 1.82) is 5.26 Å². The van der Waals surface area contributed by atoms with E-state index in [4.69, 9.17) is 39.5 Å². The van der Waals surface area contributed by atoms with Crippen molar-refractivity contribution in [3.63, 3.8) is 0 Å². The highest BCUT2D eigenvalue weighted by molar-refractivity contribution is 6.43. The Morgan fingerprint density at radius 1 is 1.17 bits per heavy atom. The maximum atomic E-state index is 10.2. The first kappa shape index (κ1) is 16.8. The van der Waals surface area contributed by atoms with Crippen LogP contribution in [0.15, 0.2) is 12.1 Å². The van der Waals surface area contributed by atoms with E-state index in [9.17, 15) is 20.6 Å². The lowest BCUT2D eigenvalue weighted by Gasteiger charge is -2.19. The summed E-state index contributed by atoms with van der Waals surface area (Å²) in [6, 6.07) is 4.98. The van der Waals surface area contributed by atoms with E-state index in [0.717, 1.165) is 0 Å². The topological polar surface area (TPSA) is 98.6 Å². The first-order valence-electron chi connectivity index (χ1n) is 6.61. The van der Waals surface area contributed by atoms with Crippen molar-refractivity contribution in [1.82, 2.24) is 4.57 Å². The molecule has 0 unspecified atom stereocenters. The molecule has 0 amide bonds. The van der Waals surface area contributed by atoms with Gasteiger partial charge in [0.25, 0.3) is 0 Å². The highest BCUT2D eigenvalue weighted by Gasteiger charge is 2.44. The van der Waals surface area contributed by atoms with Crippen molar-refractivity contribution in [3.05, 3.63) is 32.9 Å². The van der Waals surface area contributed by atoms with E-state index in [2.05, 4.69) is 0 Å². The number of aliphatic hydroxyl groups is 3. The zero-order valence-corrected chi connectivity index (χ0v) is 13.7. The molecule has 6 nitrogen and oxygen atoms in total. The van der Waals surface area contributed by atoms with Crippen LogP contribution < -0.4 is 0 Å². The highest BCUT2D eigenvalue weighted by Crippen LogP contribution is 2.40. The van der Waals surface area contributed by atoms with Gasteiger partial charge in [0, 0.05) is 5.39 Å². The molecule has 0 aliphatic carbocycles. The number of benzene rings is 1. The van der Waals surface area contributed by atoms with Gasteiger partial charge < -0.3 is 24.6 Å². The van der Waals surface area contributed by atoms with Crippen molar-refractivity contribution >= 4 is 45.7 Å². The van der Waals surface area contributed by atoms with Crippen LogP contribution in [0.4, 0.5) is 0 Å². The van der Waals surface area contributed by atoms with Crippen LogP contribution in [0.3, 0.4) is 0 Å². The zero-order chi connectivity index (χ0) is 16.9. The minimum absolute atomic E-state index is 0.0238. The lowest BCUT2D eigenvalue weighted by Crippen LogP contribution is -2.33. The molecule has 122 valence electrons. The molecule has 0 spiro atoms. The Hall–Kier alpha value is -1.04.